The van der Waals surface area contributed by atoms with E-state index in [4.69, 9.17) is 15.2 Å². The zero-order chi connectivity index (χ0) is 26.1. The smallest absolute Gasteiger partial charge is 0.407 e. The Morgan fingerprint density at radius 1 is 0.972 bits per heavy atom. The van der Waals surface area contributed by atoms with Crippen molar-refractivity contribution in [2.45, 2.75) is 64.5 Å². The van der Waals surface area contributed by atoms with Crippen molar-refractivity contribution in [3.63, 3.8) is 0 Å². The number of nitrogens with two attached hydrogens (primary N) is 1. The third-order valence-electron chi connectivity index (χ3n) is 6.07. The van der Waals surface area contributed by atoms with E-state index in [0.717, 1.165) is 24.2 Å². The van der Waals surface area contributed by atoms with Crippen LogP contribution < -0.4 is 21.1 Å². The molecule has 8 nitrogen and oxygen atoms in total. The van der Waals surface area contributed by atoms with Crippen LogP contribution in [0.1, 0.15) is 52.0 Å². The van der Waals surface area contributed by atoms with Crippen LogP contribution in [0.3, 0.4) is 0 Å². The maximum absolute atomic E-state index is 12.7. The van der Waals surface area contributed by atoms with E-state index in [2.05, 4.69) is 10.6 Å². The van der Waals surface area contributed by atoms with Gasteiger partial charge >= 0.3 is 6.09 Å². The molecule has 1 aliphatic rings. The molecule has 2 aromatic rings. The lowest BCUT2D eigenvalue weighted by Crippen LogP contribution is -2.47. The van der Waals surface area contributed by atoms with E-state index in [1.807, 2.05) is 75.4 Å². The van der Waals surface area contributed by atoms with E-state index in [9.17, 15) is 14.4 Å². The number of para-hydroxylation sites is 1. The number of hydrogen-bond donors (Lipinski definition) is 3. The fraction of sp³-hybridized carbons (Fsp3) is 0.464. The van der Waals surface area contributed by atoms with Crippen LogP contribution >= 0.6 is 0 Å². The first-order chi connectivity index (χ1) is 17.1. The van der Waals surface area contributed by atoms with Crippen molar-refractivity contribution < 1.29 is 23.9 Å². The Morgan fingerprint density at radius 3 is 2.31 bits per heavy atom. The van der Waals surface area contributed by atoms with Gasteiger partial charge in [-0.2, -0.15) is 0 Å². The van der Waals surface area contributed by atoms with E-state index in [1.54, 1.807) is 0 Å². The number of carbonyl (C=O) groups is 3. The SMILES string of the molecule is CC(C)(C)OC(=O)NCC1CCC(C(=O)NC(=O)C(N)Cc2cccc(Oc3ccccc3)c2)CC1. The number of imide groups is 1. The van der Waals surface area contributed by atoms with E-state index in [1.165, 1.54) is 0 Å². The molecule has 0 aliphatic heterocycles. The molecule has 8 heteroatoms. The van der Waals surface area contributed by atoms with Crippen molar-refractivity contribution in [3.05, 3.63) is 60.2 Å². The first kappa shape index (κ1) is 27.2. The maximum Gasteiger partial charge on any atom is 0.407 e. The number of hydrogen-bond acceptors (Lipinski definition) is 6. The summed E-state index contributed by atoms with van der Waals surface area (Å²) in [6.45, 7) is 5.98. The summed E-state index contributed by atoms with van der Waals surface area (Å²) < 4.78 is 11.1. The number of ether oxygens (including phenoxy) is 2. The van der Waals surface area contributed by atoms with Crippen LogP contribution in [-0.4, -0.2) is 36.1 Å². The van der Waals surface area contributed by atoms with Crippen molar-refractivity contribution in [2.24, 2.45) is 17.6 Å². The normalized spacial score (nSPS) is 18.6. The number of nitrogens with one attached hydrogen (secondary N) is 2. The van der Waals surface area contributed by atoms with E-state index in [-0.39, 0.29) is 24.2 Å². The highest BCUT2D eigenvalue weighted by atomic mass is 16.6. The minimum Gasteiger partial charge on any atom is -0.457 e. The first-order valence-corrected chi connectivity index (χ1v) is 12.5. The molecule has 0 aromatic heterocycles. The summed E-state index contributed by atoms with van der Waals surface area (Å²) in [4.78, 5) is 37.1. The van der Waals surface area contributed by atoms with Gasteiger partial charge in [-0.3, -0.25) is 14.9 Å². The molecule has 1 fully saturated rings. The molecular weight excluding hydrogens is 458 g/mol. The molecule has 0 saturated heterocycles. The molecule has 0 spiro atoms. The van der Waals surface area contributed by atoms with Crippen LogP contribution in [0.25, 0.3) is 0 Å². The highest BCUT2D eigenvalue weighted by Crippen LogP contribution is 2.29. The Bertz CT molecular complexity index is 1030. The van der Waals surface area contributed by atoms with Crippen molar-refractivity contribution >= 4 is 17.9 Å². The summed E-state index contributed by atoms with van der Waals surface area (Å²) in [5, 5.41) is 5.29. The maximum atomic E-state index is 12.7. The van der Waals surface area contributed by atoms with Gasteiger partial charge in [0.05, 0.1) is 6.04 Å². The molecule has 1 aliphatic carbocycles. The lowest BCUT2D eigenvalue weighted by atomic mass is 9.81. The largest absolute Gasteiger partial charge is 0.457 e. The number of amides is 3. The highest BCUT2D eigenvalue weighted by Gasteiger charge is 2.29. The Kier molecular flexibility index (Phi) is 9.47. The molecule has 4 N–H and O–H groups in total. The second-order valence-electron chi connectivity index (χ2n) is 10.3. The predicted octanol–water partition coefficient (Wildman–Crippen LogP) is 4.32. The van der Waals surface area contributed by atoms with Crippen LogP contribution in [0.4, 0.5) is 4.79 Å². The van der Waals surface area contributed by atoms with E-state index < -0.39 is 23.6 Å². The minimum absolute atomic E-state index is 0.235. The van der Waals surface area contributed by atoms with Gasteiger partial charge < -0.3 is 20.5 Å². The zero-order valence-electron chi connectivity index (χ0n) is 21.3. The highest BCUT2D eigenvalue weighted by molar-refractivity contribution is 5.98. The van der Waals surface area contributed by atoms with Crippen LogP contribution in [-0.2, 0) is 20.7 Å². The van der Waals surface area contributed by atoms with Crippen LogP contribution in [0.2, 0.25) is 0 Å². The second-order valence-corrected chi connectivity index (χ2v) is 10.3. The minimum atomic E-state index is -0.852. The van der Waals surface area contributed by atoms with Crippen LogP contribution in [0.5, 0.6) is 11.5 Å². The Balaban J connectivity index is 1.41. The lowest BCUT2D eigenvalue weighted by molar-refractivity contribution is -0.134. The molecule has 1 saturated carbocycles. The second kappa shape index (κ2) is 12.5. The Labute approximate surface area is 212 Å². The van der Waals surface area contributed by atoms with Gasteiger partial charge in [0.25, 0.3) is 0 Å². The summed E-state index contributed by atoms with van der Waals surface area (Å²) >= 11 is 0. The van der Waals surface area contributed by atoms with Gasteiger partial charge in [0.2, 0.25) is 11.8 Å². The monoisotopic (exact) mass is 495 g/mol. The average molecular weight is 496 g/mol. The third kappa shape index (κ3) is 9.00. The quantitative estimate of drug-likeness (QED) is 0.502. The molecular formula is C28H37N3O5. The Morgan fingerprint density at radius 2 is 1.64 bits per heavy atom. The number of rotatable bonds is 8. The van der Waals surface area contributed by atoms with E-state index in [0.29, 0.717) is 25.1 Å². The summed E-state index contributed by atoms with van der Waals surface area (Å²) in [5.74, 6) is 0.655. The number of carbonyl (C=O) groups excluding carboxylic acids is 3. The topological polar surface area (TPSA) is 120 Å². The molecule has 3 amide bonds. The molecule has 194 valence electrons. The van der Waals surface area contributed by atoms with Crippen molar-refractivity contribution in [2.75, 3.05) is 6.54 Å². The number of benzene rings is 2. The van der Waals surface area contributed by atoms with Crippen molar-refractivity contribution in [3.8, 4) is 11.5 Å². The first-order valence-electron chi connectivity index (χ1n) is 12.5. The summed E-state index contributed by atoms with van der Waals surface area (Å²) in [5.41, 5.74) is 6.41. The predicted molar refractivity (Wildman–Crippen MR) is 137 cm³/mol. The van der Waals surface area contributed by atoms with Gasteiger partial charge in [0.1, 0.15) is 17.1 Å². The van der Waals surface area contributed by atoms with Gasteiger partial charge in [0, 0.05) is 12.5 Å². The molecule has 1 unspecified atom stereocenters. The molecule has 0 heterocycles. The summed E-state index contributed by atoms with van der Waals surface area (Å²) in [6, 6.07) is 16.0. The molecule has 0 bridgehead atoms. The third-order valence-corrected chi connectivity index (χ3v) is 6.07. The van der Waals surface area contributed by atoms with Crippen molar-refractivity contribution in [1.29, 1.82) is 0 Å². The van der Waals surface area contributed by atoms with Gasteiger partial charge in [-0.1, -0.05) is 30.3 Å². The Hall–Kier alpha value is -3.39. The zero-order valence-corrected chi connectivity index (χ0v) is 21.3. The van der Waals surface area contributed by atoms with Crippen LogP contribution in [0, 0.1) is 11.8 Å². The van der Waals surface area contributed by atoms with Crippen molar-refractivity contribution in [1.82, 2.24) is 10.6 Å². The molecule has 2 aromatic carbocycles. The summed E-state index contributed by atoms with van der Waals surface area (Å²) in [7, 11) is 0. The fourth-order valence-electron chi connectivity index (χ4n) is 4.19. The van der Waals surface area contributed by atoms with Gasteiger partial charge in [-0.15, -0.1) is 0 Å². The van der Waals surface area contributed by atoms with Gasteiger partial charge in [-0.05, 0) is 88.6 Å². The lowest BCUT2D eigenvalue weighted by Gasteiger charge is -2.28. The number of alkyl carbamates (subject to hydrolysis) is 1. The fourth-order valence-corrected chi connectivity index (χ4v) is 4.19. The molecule has 3 rings (SSSR count). The van der Waals surface area contributed by atoms with Crippen LogP contribution in [0.15, 0.2) is 54.6 Å². The molecule has 0 radical (unpaired) electrons. The molecule has 1 atom stereocenters. The van der Waals surface area contributed by atoms with E-state index >= 15 is 0 Å². The average Bonchev–Trinajstić information content (AvgIpc) is 2.83. The van der Waals surface area contributed by atoms with Gasteiger partial charge in [-0.25, -0.2) is 4.79 Å². The molecule has 36 heavy (non-hydrogen) atoms. The summed E-state index contributed by atoms with van der Waals surface area (Å²) in [6.07, 6.45) is 2.76. The van der Waals surface area contributed by atoms with Gasteiger partial charge in [0.15, 0.2) is 0 Å². The standard InChI is InChI=1S/C28H37N3O5/c1-28(2,3)36-27(34)30-18-19-12-14-21(15-13-19)25(32)31-26(33)24(29)17-20-8-7-11-23(16-20)35-22-9-5-4-6-10-22/h4-11,16,19,21,24H,12-15,17-18,29H2,1-3H3,(H,30,34)(H,31,32,33).